The minimum absolute atomic E-state index is 0.218. The highest BCUT2D eigenvalue weighted by Crippen LogP contribution is 2.68. The third-order valence-corrected chi connectivity index (χ3v) is 5.74. The molecule has 0 aromatic rings. The number of halogens is 1. The van der Waals surface area contributed by atoms with Crippen LogP contribution in [-0.2, 0) is 13.6 Å². The molecule has 0 spiro atoms. The van der Waals surface area contributed by atoms with E-state index in [2.05, 4.69) is 0 Å². The zero-order chi connectivity index (χ0) is 11.5. The number of hydrogen-bond acceptors (Lipinski definition) is 3. The van der Waals surface area contributed by atoms with Crippen LogP contribution in [0.2, 0.25) is 0 Å². The molecular weight excluding hydrogens is 218 g/mol. The molecule has 3 nitrogen and oxygen atoms in total. The van der Waals surface area contributed by atoms with E-state index in [1.807, 2.05) is 0 Å². The topological polar surface area (TPSA) is 35.5 Å². The van der Waals surface area contributed by atoms with Gasteiger partial charge < -0.3 is 9.05 Å². The third-order valence-electron chi connectivity index (χ3n) is 2.97. The molecule has 1 rings (SSSR count). The molecule has 90 valence electrons. The van der Waals surface area contributed by atoms with Crippen molar-refractivity contribution in [3.63, 3.8) is 0 Å². The average molecular weight is 238 g/mol. The lowest BCUT2D eigenvalue weighted by Crippen LogP contribution is -2.28. The monoisotopic (exact) mass is 238 g/mol. The van der Waals surface area contributed by atoms with E-state index in [1.54, 1.807) is 20.8 Å². The summed E-state index contributed by atoms with van der Waals surface area (Å²) in [4.78, 5) is 0. The maximum atomic E-state index is 14.6. The van der Waals surface area contributed by atoms with Gasteiger partial charge in [-0.15, -0.1) is 0 Å². The number of hydrogen-bond donors (Lipinski definition) is 0. The van der Waals surface area contributed by atoms with Gasteiger partial charge in [-0.3, -0.25) is 4.57 Å². The molecule has 5 heteroatoms. The molecule has 2 atom stereocenters. The number of rotatable bonds is 5. The fourth-order valence-corrected chi connectivity index (χ4v) is 4.41. The lowest BCUT2D eigenvalue weighted by Gasteiger charge is -2.32. The highest BCUT2D eigenvalue weighted by atomic mass is 31.2. The van der Waals surface area contributed by atoms with Gasteiger partial charge in [0.25, 0.3) is 0 Å². The van der Waals surface area contributed by atoms with Gasteiger partial charge >= 0.3 is 7.60 Å². The fraction of sp³-hybridized carbons (Fsp3) is 1.00. The zero-order valence-electron chi connectivity index (χ0n) is 9.66. The molecule has 0 unspecified atom stereocenters. The van der Waals surface area contributed by atoms with E-state index in [1.165, 1.54) is 0 Å². The van der Waals surface area contributed by atoms with Crippen molar-refractivity contribution >= 4 is 7.60 Å². The molecule has 1 fully saturated rings. The Labute approximate surface area is 90.9 Å². The Morgan fingerprint density at radius 2 is 1.93 bits per heavy atom. The molecule has 15 heavy (non-hydrogen) atoms. The number of alkyl halides is 1. The van der Waals surface area contributed by atoms with Gasteiger partial charge in [0.15, 0.2) is 0 Å². The second-order valence-electron chi connectivity index (χ2n) is 3.94. The third kappa shape index (κ3) is 2.27. The second-order valence-corrected chi connectivity index (χ2v) is 6.20. The predicted molar refractivity (Wildman–Crippen MR) is 57.7 cm³/mol. The fourth-order valence-electron chi connectivity index (χ4n) is 2.12. The molecule has 0 radical (unpaired) electrons. The molecule has 1 aliphatic carbocycles. The highest BCUT2D eigenvalue weighted by Gasteiger charge is 2.57. The zero-order valence-corrected chi connectivity index (χ0v) is 10.6. The molecule has 1 aliphatic rings. The first-order valence-electron chi connectivity index (χ1n) is 5.58. The Balaban J connectivity index is 2.92. The molecule has 0 saturated heterocycles. The van der Waals surface area contributed by atoms with Crippen molar-refractivity contribution in [2.24, 2.45) is 5.92 Å². The summed E-state index contributed by atoms with van der Waals surface area (Å²) in [7, 11) is -3.60. The molecule has 0 N–H and O–H groups in total. The molecule has 0 bridgehead atoms. The normalized spacial score (nSPS) is 32.1. The van der Waals surface area contributed by atoms with Crippen molar-refractivity contribution in [3.05, 3.63) is 0 Å². The van der Waals surface area contributed by atoms with Crippen LogP contribution < -0.4 is 0 Å². The molecular formula is C10H20FO3P. The minimum Gasteiger partial charge on any atom is -0.307 e. The van der Waals surface area contributed by atoms with Gasteiger partial charge in [0.1, 0.15) is 0 Å². The van der Waals surface area contributed by atoms with E-state index in [4.69, 9.17) is 9.05 Å². The Hall–Kier alpha value is 0.0800. The summed E-state index contributed by atoms with van der Waals surface area (Å²) in [5, 5.41) is -1.78. The van der Waals surface area contributed by atoms with Gasteiger partial charge in [-0.05, 0) is 33.1 Å². The molecule has 0 heterocycles. The Bertz CT molecular complexity index is 249. The largest absolute Gasteiger partial charge is 0.367 e. The quantitative estimate of drug-likeness (QED) is 0.684. The van der Waals surface area contributed by atoms with Crippen LogP contribution >= 0.6 is 7.60 Å². The van der Waals surface area contributed by atoms with Gasteiger partial charge in [0, 0.05) is 5.92 Å². The van der Waals surface area contributed by atoms with Crippen molar-refractivity contribution in [1.29, 1.82) is 0 Å². The molecule has 0 aliphatic heterocycles. The standard InChI is InChI=1S/C10H20FO3P/c1-4-13-15(12,14-5-2)10(11)8-6-7-9(10)3/h9H,4-8H2,1-3H3/t9-,10-/m1/s1. The maximum absolute atomic E-state index is 14.6. The van der Waals surface area contributed by atoms with Crippen LogP contribution in [0.4, 0.5) is 4.39 Å². The van der Waals surface area contributed by atoms with Gasteiger partial charge in [-0.1, -0.05) is 6.92 Å². The van der Waals surface area contributed by atoms with Gasteiger partial charge in [0.2, 0.25) is 5.41 Å². The summed E-state index contributed by atoms with van der Waals surface area (Å²) in [6, 6.07) is 0. The van der Waals surface area contributed by atoms with Gasteiger partial charge in [-0.25, -0.2) is 4.39 Å². The van der Waals surface area contributed by atoms with Crippen LogP contribution in [-0.4, -0.2) is 18.6 Å². The molecule has 0 amide bonds. The van der Waals surface area contributed by atoms with E-state index in [0.29, 0.717) is 0 Å². The Morgan fingerprint density at radius 3 is 2.27 bits per heavy atom. The lowest BCUT2D eigenvalue weighted by molar-refractivity contribution is 0.120. The summed E-state index contributed by atoms with van der Waals surface area (Å²) in [6.07, 6.45) is 1.79. The summed E-state index contributed by atoms with van der Waals surface area (Å²) >= 11 is 0. The smallest absolute Gasteiger partial charge is 0.307 e. The lowest BCUT2D eigenvalue weighted by atomic mass is 10.1. The van der Waals surface area contributed by atoms with Crippen LogP contribution in [0.15, 0.2) is 0 Å². The van der Waals surface area contributed by atoms with Crippen molar-refractivity contribution in [3.8, 4) is 0 Å². The minimum atomic E-state index is -3.60. The molecule has 1 saturated carbocycles. The van der Waals surface area contributed by atoms with Crippen LogP contribution in [0.1, 0.15) is 40.0 Å². The second kappa shape index (κ2) is 4.94. The predicted octanol–water partition coefficient (Wildman–Crippen LogP) is 3.74. The van der Waals surface area contributed by atoms with E-state index < -0.39 is 13.0 Å². The van der Waals surface area contributed by atoms with E-state index in [0.717, 1.165) is 12.8 Å². The van der Waals surface area contributed by atoms with Gasteiger partial charge in [0.05, 0.1) is 13.2 Å². The highest BCUT2D eigenvalue weighted by molar-refractivity contribution is 7.55. The van der Waals surface area contributed by atoms with Crippen molar-refractivity contribution in [1.82, 2.24) is 0 Å². The maximum Gasteiger partial charge on any atom is 0.367 e. The van der Waals surface area contributed by atoms with E-state index in [-0.39, 0.29) is 25.6 Å². The van der Waals surface area contributed by atoms with Crippen molar-refractivity contribution in [2.75, 3.05) is 13.2 Å². The van der Waals surface area contributed by atoms with Crippen LogP contribution in [0.5, 0.6) is 0 Å². The molecule has 0 aromatic carbocycles. The first-order chi connectivity index (χ1) is 7.00. The summed E-state index contributed by atoms with van der Waals surface area (Å²) in [5.41, 5.74) is 0. The van der Waals surface area contributed by atoms with Crippen LogP contribution in [0.25, 0.3) is 0 Å². The average Bonchev–Trinajstić information content (AvgIpc) is 2.49. The summed E-state index contributed by atoms with van der Waals surface area (Å²) in [5.74, 6) is -0.249. The Kier molecular flexibility index (Phi) is 4.33. The first kappa shape index (κ1) is 13.1. The first-order valence-corrected chi connectivity index (χ1v) is 7.12. The van der Waals surface area contributed by atoms with Crippen LogP contribution in [0, 0.1) is 5.92 Å². The van der Waals surface area contributed by atoms with E-state index >= 15 is 0 Å². The van der Waals surface area contributed by atoms with Gasteiger partial charge in [-0.2, -0.15) is 0 Å². The van der Waals surface area contributed by atoms with Crippen molar-refractivity contribution < 1.29 is 18.0 Å². The summed E-state index contributed by atoms with van der Waals surface area (Å²) < 4.78 is 37.1. The summed E-state index contributed by atoms with van der Waals surface area (Å²) in [6.45, 7) is 5.62. The van der Waals surface area contributed by atoms with Crippen LogP contribution in [0.3, 0.4) is 0 Å². The SMILES string of the molecule is CCOP(=O)(OCC)[C@]1(F)CCC[C@H]1C. The Morgan fingerprint density at radius 1 is 1.40 bits per heavy atom. The molecule has 0 aromatic heterocycles. The van der Waals surface area contributed by atoms with E-state index in [9.17, 15) is 8.96 Å². The van der Waals surface area contributed by atoms with Crippen molar-refractivity contribution in [2.45, 2.75) is 45.4 Å².